The summed E-state index contributed by atoms with van der Waals surface area (Å²) in [5.41, 5.74) is 2.16. The van der Waals surface area contributed by atoms with Crippen molar-refractivity contribution in [2.75, 3.05) is 25.1 Å². The fourth-order valence-corrected chi connectivity index (χ4v) is 2.45. The summed E-state index contributed by atoms with van der Waals surface area (Å²) in [5, 5.41) is 6.41. The second-order valence-electron chi connectivity index (χ2n) is 5.54. The van der Waals surface area contributed by atoms with Gasteiger partial charge in [-0.2, -0.15) is 0 Å². The van der Waals surface area contributed by atoms with Gasteiger partial charge in [0.05, 0.1) is 18.6 Å². The van der Waals surface area contributed by atoms with Gasteiger partial charge in [0.15, 0.2) is 0 Å². The average molecular weight is 276 g/mol. The Hall–Kier alpha value is -1.55. The first-order valence-corrected chi connectivity index (χ1v) is 7.34. The number of carbonyl (C=O) groups excluding carboxylic acids is 1. The Morgan fingerprint density at radius 1 is 1.45 bits per heavy atom. The first kappa shape index (κ1) is 14.9. The molecule has 2 N–H and O–H groups in total. The molecule has 0 saturated carbocycles. The van der Waals surface area contributed by atoms with Crippen LogP contribution in [-0.2, 0) is 9.53 Å². The summed E-state index contributed by atoms with van der Waals surface area (Å²) in [7, 11) is 0. The molecule has 0 aliphatic carbocycles. The van der Waals surface area contributed by atoms with Gasteiger partial charge in [-0.05, 0) is 24.5 Å². The molecule has 0 saturated heterocycles. The number of nitrogens with one attached hydrogen (secondary N) is 2. The molecule has 0 fully saturated rings. The molecule has 2 unspecified atom stereocenters. The maximum Gasteiger partial charge on any atom is 0.229 e. The molecule has 1 heterocycles. The molecule has 0 bridgehead atoms. The number of anilines is 1. The fraction of sp³-hybridized carbons (Fsp3) is 0.562. The monoisotopic (exact) mass is 276 g/mol. The molecule has 2 atom stereocenters. The van der Waals surface area contributed by atoms with E-state index in [1.807, 2.05) is 31.2 Å². The third-order valence-corrected chi connectivity index (χ3v) is 3.78. The number of amides is 1. The quantitative estimate of drug-likeness (QED) is 0.838. The van der Waals surface area contributed by atoms with Crippen molar-refractivity contribution >= 4 is 11.6 Å². The Morgan fingerprint density at radius 3 is 2.90 bits per heavy atom. The SMILES string of the molecule is CCOCC(NC(=O)C1CNc2ccccc21)C(C)C. The van der Waals surface area contributed by atoms with E-state index in [4.69, 9.17) is 4.74 Å². The van der Waals surface area contributed by atoms with E-state index >= 15 is 0 Å². The Kier molecular flexibility index (Phi) is 5.01. The Balaban J connectivity index is 2.01. The minimum atomic E-state index is -0.103. The standard InChI is InChI=1S/C16H24N2O2/c1-4-20-10-15(11(2)3)18-16(19)13-9-17-14-8-6-5-7-12(13)14/h5-8,11,13,15,17H,4,9-10H2,1-3H3,(H,18,19). The summed E-state index contributed by atoms with van der Waals surface area (Å²) in [6.07, 6.45) is 0. The molecule has 110 valence electrons. The number of para-hydroxylation sites is 1. The topological polar surface area (TPSA) is 50.4 Å². The van der Waals surface area contributed by atoms with Crippen LogP contribution < -0.4 is 10.6 Å². The number of fused-ring (bicyclic) bond motifs is 1. The van der Waals surface area contributed by atoms with E-state index in [0.717, 1.165) is 11.3 Å². The Labute approximate surface area is 120 Å². The molecule has 2 rings (SSSR count). The van der Waals surface area contributed by atoms with Gasteiger partial charge in [0, 0.05) is 18.8 Å². The molecule has 0 aromatic heterocycles. The van der Waals surface area contributed by atoms with Gasteiger partial charge in [0.1, 0.15) is 0 Å². The minimum absolute atomic E-state index is 0.0650. The van der Waals surface area contributed by atoms with Crippen molar-refractivity contribution in [3.05, 3.63) is 29.8 Å². The molecule has 20 heavy (non-hydrogen) atoms. The lowest BCUT2D eigenvalue weighted by molar-refractivity contribution is -0.123. The Morgan fingerprint density at radius 2 is 2.20 bits per heavy atom. The van der Waals surface area contributed by atoms with Crippen LogP contribution in [0.15, 0.2) is 24.3 Å². The zero-order valence-electron chi connectivity index (χ0n) is 12.5. The van der Waals surface area contributed by atoms with E-state index in [1.165, 1.54) is 0 Å². The predicted octanol–water partition coefficient (Wildman–Crippen LogP) is 2.37. The summed E-state index contributed by atoms with van der Waals surface area (Å²) in [6, 6.07) is 8.06. The van der Waals surface area contributed by atoms with Gasteiger partial charge in [0.25, 0.3) is 0 Å². The average Bonchev–Trinajstić information content (AvgIpc) is 2.87. The number of carbonyl (C=O) groups is 1. The number of ether oxygens (including phenoxy) is 1. The lowest BCUT2D eigenvalue weighted by Crippen LogP contribution is -2.44. The number of benzene rings is 1. The molecule has 1 amide bonds. The maximum absolute atomic E-state index is 12.5. The van der Waals surface area contributed by atoms with Crippen LogP contribution >= 0.6 is 0 Å². The van der Waals surface area contributed by atoms with Crippen molar-refractivity contribution in [3.63, 3.8) is 0 Å². The lowest BCUT2D eigenvalue weighted by atomic mass is 9.98. The van der Waals surface area contributed by atoms with Crippen molar-refractivity contribution in [1.82, 2.24) is 5.32 Å². The van der Waals surface area contributed by atoms with Gasteiger partial charge in [-0.25, -0.2) is 0 Å². The molecule has 1 aromatic carbocycles. The molecule has 4 heteroatoms. The zero-order chi connectivity index (χ0) is 14.5. The largest absolute Gasteiger partial charge is 0.384 e. The molecule has 1 aliphatic rings. The van der Waals surface area contributed by atoms with Crippen LogP contribution in [0.1, 0.15) is 32.3 Å². The second kappa shape index (κ2) is 6.75. The Bertz CT molecular complexity index is 460. The van der Waals surface area contributed by atoms with Crippen LogP contribution in [0.25, 0.3) is 0 Å². The summed E-state index contributed by atoms with van der Waals surface area (Å²) in [5.74, 6) is 0.338. The highest BCUT2D eigenvalue weighted by molar-refractivity contribution is 5.88. The molecule has 0 spiro atoms. The van der Waals surface area contributed by atoms with Gasteiger partial charge in [-0.15, -0.1) is 0 Å². The van der Waals surface area contributed by atoms with Gasteiger partial charge in [-0.3, -0.25) is 4.79 Å². The molecular formula is C16H24N2O2. The summed E-state index contributed by atoms with van der Waals surface area (Å²) >= 11 is 0. The number of hydrogen-bond donors (Lipinski definition) is 2. The van der Waals surface area contributed by atoms with Crippen molar-refractivity contribution in [3.8, 4) is 0 Å². The van der Waals surface area contributed by atoms with Crippen LogP contribution in [0, 0.1) is 5.92 Å². The number of rotatable bonds is 6. The van der Waals surface area contributed by atoms with Crippen LogP contribution in [0.5, 0.6) is 0 Å². The smallest absolute Gasteiger partial charge is 0.229 e. The minimum Gasteiger partial charge on any atom is -0.384 e. The fourth-order valence-electron chi connectivity index (χ4n) is 2.45. The first-order chi connectivity index (χ1) is 9.63. The molecule has 1 aromatic rings. The highest BCUT2D eigenvalue weighted by atomic mass is 16.5. The summed E-state index contributed by atoms with van der Waals surface area (Å²) in [6.45, 7) is 8.09. The lowest BCUT2D eigenvalue weighted by Gasteiger charge is -2.24. The normalized spacial score (nSPS) is 18.5. The summed E-state index contributed by atoms with van der Waals surface area (Å²) in [4.78, 5) is 12.5. The molecule has 4 nitrogen and oxygen atoms in total. The van der Waals surface area contributed by atoms with Gasteiger partial charge >= 0.3 is 0 Å². The first-order valence-electron chi connectivity index (χ1n) is 7.34. The van der Waals surface area contributed by atoms with Crippen molar-refractivity contribution in [2.45, 2.75) is 32.7 Å². The highest BCUT2D eigenvalue weighted by Crippen LogP contribution is 2.31. The highest BCUT2D eigenvalue weighted by Gasteiger charge is 2.29. The van der Waals surface area contributed by atoms with E-state index in [2.05, 4.69) is 24.5 Å². The predicted molar refractivity (Wildman–Crippen MR) is 80.9 cm³/mol. The molecule has 0 radical (unpaired) electrons. The van der Waals surface area contributed by atoms with Crippen LogP contribution in [0.2, 0.25) is 0 Å². The third-order valence-electron chi connectivity index (χ3n) is 3.78. The van der Waals surface area contributed by atoms with E-state index in [9.17, 15) is 4.79 Å². The van der Waals surface area contributed by atoms with Gasteiger partial charge in [0.2, 0.25) is 5.91 Å². The van der Waals surface area contributed by atoms with Gasteiger partial charge in [-0.1, -0.05) is 32.0 Å². The van der Waals surface area contributed by atoms with E-state index in [1.54, 1.807) is 0 Å². The van der Waals surface area contributed by atoms with Crippen molar-refractivity contribution in [1.29, 1.82) is 0 Å². The van der Waals surface area contributed by atoms with Gasteiger partial charge < -0.3 is 15.4 Å². The van der Waals surface area contributed by atoms with Crippen molar-refractivity contribution < 1.29 is 9.53 Å². The third kappa shape index (κ3) is 3.31. The number of hydrogen-bond acceptors (Lipinski definition) is 3. The molecule has 1 aliphatic heterocycles. The van der Waals surface area contributed by atoms with Crippen LogP contribution in [-0.4, -0.2) is 31.7 Å². The molecular weight excluding hydrogens is 252 g/mol. The van der Waals surface area contributed by atoms with Crippen LogP contribution in [0.3, 0.4) is 0 Å². The van der Waals surface area contributed by atoms with Crippen LogP contribution in [0.4, 0.5) is 5.69 Å². The van der Waals surface area contributed by atoms with Crippen molar-refractivity contribution in [2.24, 2.45) is 5.92 Å². The summed E-state index contributed by atoms with van der Waals surface area (Å²) < 4.78 is 5.46. The van der Waals surface area contributed by atoms with E-state index < -0.39 is 0 Å². The zero-order valence-corrected chi connectivity index (χ0v) is 12.5. The van der Waals surface area contributed by atoms with E-state index in [-0.39, 0.29) is 17.9 Å². The second-order valence-corrected chi connectivity index (χ2v) is 5.54. The maximum atomic E-state index is 12.5. The van der Waals surface area contributed by atoms with E-state index in [0.29, 0.717) is 25.7 Å².